The lowest BCUT2D eigenvalue weighted by molar-refractivity contribution is 0.199. The van der Waals surface area contributed by atoms with E-state index in [0.29, 0.717) is 10.2 Å². The summed E-state index contributed by atoms with van der Waals surface area (Å²) < 4.78 is 19.8. The van der Waals surface area contributed by atoms with Crippen LogP contribution in [0.2, 0.25) is 0 Å². The molecule has 1 N–H and O–H groups in total. The Bertz CT molecular complexity index is 680. The minimum atomic E-state index is -0.601. The van der Waals surface area contributed by atoms with Crippen LogP contribution >= 0.6 is 15.9 Å². The standard InChI is InChI=1S/C15H11BrFNO2/c1-9(19)11-3-5-14(12(16)7-11)20-15-4-2-10(8-18)6-13(15)17/h2-7,9,19H,1H3. The molecule has 0 amide bonds. The van der Waals surface area contributed by atoms with Crippen LogP contribution in [0.3, 0.4) is 0 Å². The molecule has 3 nitrogen and oxygen atoms in total. The maximum atomic E-state index is 13.7. The summed E-state index contributed by atoms with van der Waals surface area (Å²) in [7, 11) is 0. The largest absolute Gasteiger partial charge is 0.453 e. The molecule has 0 bridgehead atoms. The predicted octanol–water partition coefficient (Wildman–Crippen LogP) is 4.31. The fourth-order valence-electron chi connectivity index (χ4n) is 1.63. The zero-order valence-electron chi connectivity index (χ0n) is 10.6. The quantitative estimate of drug-likeness (QED) is 0.909. The van der Waals surface area contributed by atoms with Crippen LogP contribution in [0.4, 0.5) is 4.39 Å². The second kappa shape index (κ2) is 6.04. The minimum Gasteiger partial charge on any atom is -0.453 e. The fourth-order valence-corrected chi connectivity index (χ4v) is 2.11. The molecule has 20 heavy (non-hydrogen) atoms. The number of halogens is 2. The molecule has 0 aliphatic heterocycles. The van der Waals surface area contributed by atoms with Crippen LogP contribution in [0.5, 0.6) is 11.5 Å². The summed E-state index contributed by atoms with van der Waals surface area (Å²) in [5, 5.41) is 18.2. The first-order chi connectivity index (χ1) is 9.51. The van der Waals surface area contributed by atoms with Crippen molar-refractivity contribution < 1.29 is 14.2 Å². The molecule has 1 atom stereocenters. The lowest BCUT2D eigenvalue weighted by atomic mass is 10.1. The molecule has 0 fully saturated rings. The third-order valence-electron chi connectivity index (χ3n) is 2.72. The monoisotopic (exact) mass is 335 g/mol. The number of benzene rings is 2. The van der Waals surface area contributed by atoms with Crippen molar-refractivity contribution in [3.05, 3.63) is 57.8 Å². The van der Waals surface area contributed by atoms with Gasteiger partial charge < -0.3 is 9.84 Å². The highest BCUT2D eigenvalue weighted by Crippen LogP contribution is 2.33. The molecule has 102 valence electrons. The summed E-state index contributed by atoms with van der Waals surface area (Å²) in [6, 6.07) is 10.9. The number of nitriles is 1. The van der Waals surface area contributed by atoms with Crippen molar-refractivity contribution in [3.63, 3.8) is 0 Å². The normalized spacial score (nSPS) is 11.8. The van der Waals surface area contributed by atoms with E-state index >= 15 is 0 Å². The van der Waals surface area contributed by atoms with E-state index in [2.05, 4.69) is 15.9 Å². The van der Waals surface area contributed by atoms with Gasteiger partial charge in [0.1, 0.15) is 5.75 Å². The predicted molar refractivity (Wildman–Crippen MR) is 76.0 cm³/mol. The topological polar surface area (TPSA) is 53.2 Å². The van der Waals surface area contributed by atoms with Crippen LogP contribution in [-0.2, 0) is 0 Å². The molecule has 0 radical (unpaired) electrons. The Kier molecular flexibility index (Phi) is 4.38. The first-order valence-electron chi connectivity index (χ1n) is 5.86. The van der Waals surface area contributed by atoms with E-state index in [4.69, 9.17) is 10.00 Å². The van der Waals surface area contributed by atoms with E-state index in [1.807, 2.05) is 6.07 Å². The zero-order valence-corrected chi connectivity index (χ0v) is 12.2. The molecule has 5 heteroatoms. The first-order valence-corrected chi connectivity index (χ1v) is 6.65. The summed E-state index contributed by atoms with van der Waals surface area (Å²) in [5.74, 6) is -0.136. The molecule has 0 saturated heterocycles. The Balaban J connectivity index is 2.29. The van der Waals surface area contributed by atoms with Crippen molar-refractivity contribution in [3.8, 4) is 17.6 Å². The van der Waals surface area contributed by atoms with Gasteiger partial charge in [-0.3, -0.25) is 0 Å². The Morgan fingerprint density at radius 2 is 1.95 bits per heavy atom. The first kappa shape index (κ1) is 14.5. The molecule has 0 saturated carbocycles. The summed E-state index contributed by atoms with van der Waals surface area (Å²) in [6.45, 7) is 1.66. The molecule has 0 aliphatic rings. The van der Waals surface area contributed by atoms with Crippen molar-refractivity contribution in [2.24, 2.45) is 0 Å². The van der Waals surface area contributed by atoms with Gasteiger partial charge in [0, 0.05) is 0 Å². The molecule has 2 aromatic rings. The van der Waals surface area contributed by atoms with Gasteiger partial charge in [0.25, 0.3) is 0 Å². The number of nitrogens with zero attached hydrogens (tertiary/aromatic N) is 1. The fraction of sp³-hybridized carbons (Fsp3) is 0.133. The zero-order chi connectivity index (χ0) is 14.7. The molecule has 0 heterocycles. The third-order valence-corrected chi connectivity index (χ3v) is 3.34. The van der Waals surface area contributed by atoms with Crippen molar-refractivity contribution in [2.45, 2.75) is 13.0 Å². The molecule has 0 aliphatic carbocycles. The summed E-state index contributed by atoms with van der Waals surface area (Å²) in [6.07, 6.45) is -0.591. The van der Waals surface area contributed by atoms with Crippen LogP contribution in [0.15, 0.2) is 40.9 Å². The molecular weight excluding hydrogens is 325 g/mol. The molecule has 0 spiro atoms. The van der Waals surface area contributed by atoms with Gasteiger partial charge in [-0.15, -0.1) is 0 Å². The Hall–Kier alpha value is -1.90. The molecule has 2 aromatic carbocycles. The number of aliphatic hydroxyl groups is 1. The maximum absolute atomic E-state index is 13.7. The van der Waals surface area contributed by atoms with E-state index in [9.17, 15) is 9.50 Å². The van der Waals surface area contributed by atoms with Gasteiger partial charge in [-0.05, 0) is 58.7 Å². The van der Waals surface area contributed by atoms with Gasteiger partial charge >= 0.3 is 0 Å². The van der Waals surface area contributed by atoms with Crippen LogP contribution in [-0.4, -0.2) is 5.11 Å². The van der Waals surface area contributed by atoms with Crippen molar-refractivity contribution in [2.75, 3.05) is 0 Å². The molecule has 1 unspecified atom stereocenters. The van der Waals surface area contributed by atoms with Crippen LogP contribution in [0, 0.1) is 17.1 Å². The van der Waals surface area contributed by atoms with Gasteiger partial charge in [-0.2, -0.15) is 5.26 Å². The summed E-state index contributed by atoms with van der Waals surface area (Å²) in [5.41, 5.74) is 0.961. The van der Waals surface area contributed by atoms with Gasteiger partial charge in [0.05, 0.1) is 22.2 Å². The average Bonchev–Trinajstić information content (AvgIpc) is 2.42. The van der Waals surface area contributed by atoms with Crippen LogP contribution < -0.4 is 4.74 Å². The second-order valence-corrected chi connectivity index (χ2v) is 5.08. The highest BCUT2D eigenvalue weighted by molar-refractivity contribution is 9.10. The lowest BCUT2D eigenvalue weighted by Crippen LogP contribution is -1.94. The molecular formula is C15H11BrFNO2. The number of hydrogen-bond acceptors (Lipinski definition) is 3. The van der Waals surface area contributed by atoms with Crippen molar-refractivity contribution in [1.82, 2.24) is 0 Å². The third kappa shape index (κ3) is 3.16. The second-order valence-electron chi connectivity index (χ2n) is 4.22. The van der Waals surface area contributed by atoms with Gasteiger partial charge in [-0.1, -0.05) is 6.07 Å². The number of rotatable bonds is 3. The van der Waals surface area contributed by atoms with E-state index in [-0.39, 0.29) is 11.3 Å². The van der Waals surface area contributed by atoms with Crippen molar-refractivity contribution >= 4 is 15.9 Å². The Labute approximate surface area is 124 Å². The van der Waals surface area contributed by atoms with Gasteiger partial charge in [0.2, 0.25) is 0 Å². The van der Waals surface area contributed by atoms with Gasteiger partial charge in [-0.25, -0.2) is 4.39 Å². The summed E-state index contributed by atoms with van der Waals surface area (Å²) in [4.78, 5) is 0. The van der Waals surface area contributed by atoms with Crippen LogP contribution in [0.25, 0.3) is 0 Å². The number of hydrogen-bond donors (Lipinski definition) is 1. The SMILES string of the molecule is CC(O)c1ccc(Oc2ccc(C#N)cc2F)c(Br)c1. The van der Waals surface area contributed by atoms with E-state index in [1.54, 1.807) is 25.1 Å². The Morgan fingerprint density at radius 1 is 1.25 bits per heavy atom. The summed E-state index contributed by atoms with van der Waals surface area (Å²) >= 11 is 3.31. The lowest BCUT2D eigenvalue weighted by Gasteiger charge is -2.11. The smallest absolute Gasteiger partial charge is 0.167 e. The van der Waals surface area contributed by atoms with E-state index < -0.39 is 11.9 Å². The van der Waals surface area contributed by atoms with Crippen LogP contribution in [0.1, 0.15) is 24.2 Å². The van der Waals surface area contributed by atoms with Crippen molar-refractivity contribution in [1.29, 1.82) is 5.26 Å². The number of aliphatic hydroxyl groups excluding tert-OH is 1. The number of ether oxygens (including phenoxy) is 1. The Morgan fingerprint density at radius 3 is 2.50 bits per heavy atom. The maximum Gasteiger partial charge on any atom is 0.167 e. The molecule has 2 rings (SSSR count). The average molecular weight is 336 g/mol. The highest BCUT2D eigenvalue weighted by atomic mass is 79.9. The van der Waals surface area contributed by atoms with Gasteiger partial charge in [0.15, 0.2) is 11.6 Å². The van der Waals surface area contributed by atoms with E-state index in [1.165, 1.54) is 12.1 Å². The highest BCUT2D eigenvalue weighted by Gasteiger charge is 2.10. The minimum absolute atomic E-state index is 0.0366. The molecule has 0 aromatic heterocycles. The van der Waals surface area contributed by atoms with E-state index in [0.717, 1.165) is 11.6 Å².